The Bertz CT molecular complexity index is 437. The van der Waals surface area contributed by atoms with Crippen molar-refractivity contribution < 1.29 is 4.79 Å². The van der Waals surface area contributed by atoms with Gasteiger partial charge in [0.15, 0.2) is 5.78 Å². The first kappa shape index (κ1) is 16.7. The van der Waals surface area contributed by atoms with Crippen molar-refractivity contribution in [1.82, 2.24) is 0 Å². The maximum absolute atomic E-state index is 12.5. The highest BCUT2D eigenvalue weighted by molar-refractivity contribution is 6.02. The summed E-state index contributed by atoms with van der Waals surface area (Å²) in [5, 5.41) is 3.47. The van der Waals surface area contributed by atoms with Crippen molar-refractivity contribution in [2.75, 3.05) is 11.9 Å². The van der Waals surface area contributed by atoms with E-state index in [2.05, 4.69) is 45.1 Å². The molecule has 0 fully saturated rings. The van der Waals surface area contributed by atoms with Gasteiger partial charge in [-0.1, -0.05) is 39.7 Å². The number of hydrogen-bond acceptors (Lipinski definition) is 2. The van der Waals surface area contributed by atoms with E-state index in [4.69, 9.17) is 0 Å². The number of Topliss-reactive ketones (excluding diaryl/α,β-unsaturated/α-hetero) is 1. The number of unbranched alkanes of at least 4 members (excludes halogenated alkanes) is 1. The minimum Gasteiger partial charge on any atom is -0.384 e. The average molecular weight is 275 g/mol. The molecular weight excluding hydrogens is 246 g/mol. The molecule has 1 aromatic carbocycles. The summed E-state index contributed by atoms with van der Waals surface area (Å²) in [6.07, 6.45) is 5.91. The Morgan fingerprint density at radius 3 is 2.45 bits per heavy atom. The van der Waals surface area contributed by atoms with E-state index in [0.717, 1.165) is 43.5 Å². The van der Waals surface area contributed by atoms with Crippen LogP contribution in [0.1, 0.15) is 74.4 Å². The van der Waals surface area contributed by atoms with E-state index in [0.29, 0.717) is 6.42 Å². The van der Waals surface area contributed by atoms with Crippen LogP contribution in [-0.2, 0) is 6.42 Å². The number of hydrogen-bond donors (Lipinski definition) is 1. The lowest BCUT2D eigenvalue weighted by Gasteiger charge is -2.16. The number of ketones is 1. The lowest BCUT2D eigenvalue weighted by Crippen LogP contribution is -2.11. The number of anilines is 1. The number of benzene rings is 1. The molecule has 2 heteroatoms. The minimum absolute atomic E-state index is 0.287. The lowest BCUT2D eigenvalue weighted by molar-refractivity contribution is 0.0981. The van der Waals surface area contributed by atoms with E-state index >= 15 is 0 Å². The zero-order valence-electron chi connectivity index (χ0n) is 13.5. The smallest absolute Gasteiger partial charge is 0.165 e. The quantitative estimate of drug-likeness (QED) is 0.499. The molecule has 2 nitrogen and oxygen atoms in total. The van der Waals surface area contributed by atoms with Crippen molar-refractivity contribution >= 4 is 11.5 Å². The van der Waals surface area contributed by atoms with Gasteiger partial charge in [0, 0.05) is 24.2 Å². The third kappa shape index (κ3) is 4.66. The van der Waals surface area contributed by atoms with Crippen LogP contribution < -0.4 is 5.32 Å². The van der Waals surface area contributed by atoms with Gasteiger partial charge in [0.05, 0.1) is 0 Å². The second-order valence-electron chi connectivity index (χ2n) is 5.55. The summed E-state index contributed by atoms with van der Waals surface area (Å²) < 4.78 is 0. The molecule has 0 unspecified atom stereocenters. The van der Waals surface area contributed by atoms with Crippen LogP contribution in [-0.4, -0.2) is 12.3 Å². The fraction of sp³-hybridized carbons (Fsp3) is 0.611. The third-order valence-corrected chi connectivity index (χ3v) is 3.49. The molecule has 0 saturated heterocycles. The zero-order chi connectivity index (χ0) is 15.0. The van der Waals surface area contributed by atoms with Crippen LogP contribution in [0.3, 0.4) is 0 Å². The third-order valence-electron chi connectivity index (χ3n) is 3.49. The molecule has 0 aliphatic rings. The molecule has 0 atom stereocenters. The molecule has 0 bridgehead atoms. The molecule has 0 radical (unpaired) electrons. The fourth-order valence-corrected chi connectivity index (χ4v) is 2.55. The standard InChI is InChI=1S/C18H29NO/c1-5-8-11-19-16-13-14(4)12-15(9-6-2)18(16)17(20)10-7-3/h12-13,19H,5-11H2,1-4H3. The fourth-order valence-electron chi connectivity index (χ4n) is 2.55. The van der Waals surface area contributed by atoms with Crippen LogP contribution in [0, 0.1) is 6.92 Å². The van der Waals surface area contributed by atoms with E-state index < -0.39 is 0 Å². The van der Waals surface area contributed by atoms with Gasteiger partial charge in [-0.25, -0.2) is 0 Å². The first-order valence-electron chi connectivity index (χ1n) is 8.04. The molecule has 0 heterocycles. The Labute approximate surface area is 124 Å². The maximum Gasteiger partial charge on any atom is 0.165 e. The van der Waals surface area contributed by atoms with Gasteiger partial charge in [0.1, 0.15) is 0 Å². The van der Waals surface area contributed by atoms with Crippen LogP contribution in [0.5, 0.6) is 0 Å². The van der Waals surface area contributed by atoms with Gasteiger partial charge in [-0.2, -0.15) is 0 Å². The van der Waals surface area contributed by atoms with Crippen LogP contribution in [0.4, 0.5) is 5.69 Å². The number of aryl methyl sites for hydroxylation is 2. The van der Waals surface area contributed by atoms with Gasteiger partial charge in [-0.15, -0.1) is 0 Å². The molecule has 20 heavy (non-hydrogen) atoms. The molecule has 0 spiro atoms. The molecule has 0 saturated carbocycles. The molecular formula is C18H29NO. The van der Waals surface area contributed by atoms with Crippen molar-refractivity contribution in [2.45, 2.75) is 66.2 Å². The summed E-state index contributed by atoms with van der Waals surface area (Å²) in [5.41, 5.74) is 4.43. The number of rotatable bonds is 9. The van der Waals surface area contributed by atoms with E-state index in [1.165, 1.54) is 17.5 Å². The highest BCUT2D eigenvalue weighted by atomic mass is 16.1. The van der Waals surface area contributed by atoms with Crippen molar-refractivity contribution in [2.24, 2.45) is 0 Å². The summed E-state index contributed by atoms with van der Waals surface area (Å²) in [4.78, 5) is 12.5. The monoisotopic (exact) mass is 275 g/mol. The van der Waals surface area contributed by atoms with Crippen molar-refractivity contribution in [3.05, 3.63) is 28.8 Å². The van der Waals surface area contributed by atoms with Gasteiger partial charge in [0.2, 0.25) is 0 Å². The number of carbonyl (C=O) groups is 1. The molecule has 1 rings (SSSR count). The largest absolute Gasteiger partial charge is 0.384 e. The van der Waals surface area contributed by atoms with Crippen molar-refractivity contribution in [1.29, 1.82) is 0 Å². The minimum atomic E-state index is 0.287. The van der Waals surface area contributed by atoms with Crippen LogP contribution in [0.15, 0.2) is 12.1 Å². The molecule has 0 aliphatic heterocycles. The Kier molecular flexibility index (Phi) is 7.35. The molecule has 1 N–H and O–H groups in total. The summed E-state index contributed by atoms with van der Waals surface area (Å²) in [5.74, 6) is 0.287. The topological polar surface area (TPSA) is 29.1 Å². The normalized spacial score (nSPS) is 10.6. The first-order valence-corrected chi connectivity index (χ1v) is 8.04. The summed E-state index contributed by atoms with van der Waals surface area (Å²) in [6, 6.07) is 4.30. The van der Waals surface area contributed by atoms with Gasteiger partial charge < -0.3 is 5.32 Å². The SMILES string of the molecule is CCCCNc1cc(C)cc(CCC)c1C(=O)CCC. The number of carbonyl (C=O) groups excluding carboxylic acids is 1. The van der Waals surface area contributed by atoms with Crippen LogP contribution >= 0.6 is 0 Å². The highest BCUT2D eigenvalue weighted by Crippen LogP contribution is 2.26. The van der Waals surface area contributed by atoms with Gasteiger partial charge >= 0.3 is 0 Å². The van der Waals surface area contributed by atoms with E-state index in [-0.39, 0.29) is 5.78 Å². The Balaban J connectivity index is 3.12. The molecule has 0 aromatic heterocycles. The molecule has 0 aliphatic carbocycles. The predicted octanol–water partition coefficient (Wildman–Crippen LogP) is 5.14. The van der Waals surface area contributed by atoms with Crippen LogP contribution in [0.25, 0.3) is 0 Å². The van der Waals surface area contributed by atoms with Crippen LogP contribution in [0.2, 0.25) is 0 Å². The summed E-state index contributed by atoms with van der Waals surface area (Å²) in [7, 11) is 0. The first-order chi connectivity index (χ1) is 9.63. The van der Waals surface area contributed by atoms with E-state index in [1.54, 1.807) is 0 Å². The summed E-state index contributed by atoms with van der Waals surface area (Å²) in [6.45, 7) is 9.47. The van der Waals surface area contributed by atoms with Gasteiger partial charge in [0.25, 0.3) is 0 Å². The van der Waals surface area contributed by atoms with Crippen molar-refractivity contribution in [3.63, 3.8) is 0 Å². The average Bonchev–Trinajstić information content (AvgIpc) is 2.39. The molecule has 0 amide bonds. The maximum atomic E-state index is 12.5. The second kappa shape index (κ2) is 8.78. The van der Waals surface area contributed by atoms with E-state index in [1.807, 2.05) is 0 Å². The van der Waals surface area contributed by atoms with Gasteiger partial charge in [-0.05, 0) is 43.4 Å². The van der Waals surface area contributed by atoms with Gasteiger partial charge in [-0.3, -0.25) is 4.79 Å². The molecule has 112 valence electrons. The number of nitrogens with one attached hydrogen (secondary N) is 1. The second-order valence-corrected chi connectivity index (χ2v) is 5.55. The van der Waals surface area contributed by atoms with E-state index in [9.17, 15) is 4.79 Å². The lowest BCUT2D eigenvalue weighted by atomic mass is 9.93. The Morgan fingerprint density at radius 2 is 1.85 bits per heavy atom. The van der Waals surface area contributed by atoms with Crippen molar-refractivity contribution in [3.8, 4) is 0 Å². The molecule has 1 aromatic rings. The predicted molar refractivity (Wildman–Crippen MR) is 87.8 cm³/mol. The highest BCUT2D eigenvalue weighted by Gasteiger charge is 2.16. The zero-order valence-corrected chi connectivity index (χ0v) is 13.5. The Hall–Kier alpha value is -1.31. The summed E-state index contributed by atoms with van der Waals surface area (Å²) >= 11 is 0. The Morgan fingerprint density at radius 1 is 1.10 bits per heavy atom.